The second-order valence-corrected chi connectivity index (χ2v) is 5.11. The molecule has 0 aliphatic carbocycles. The number of carbonyl (C=O) groups excluding carboxylic acids is 1. The monoisotopic (exact) mass is 231 g/mol. The lowest BCUT2D eigenvalue weighted by atomic mass is 9.84. The highest BCUT2D eigenvalue weighted by Gasteiger charge is 2.39. The van der Waals surface area contributed by atoms with Gasteiger partial charge in [-0.2, -0.15) is 0 Å². The van der Waals surface area contributed by atoms with Gasteiger partial charge in [-0.1, -0.05) is 30.7 Å². The van der Waals surface area contributed by atoms with E-state index in [0.717, 1.165) is 36.9 Å². The van der Waals surface area contributed by atoms with E-state index >= 15 is 0 Å². The number of carbonyl (C=O) groups is 1. The number of benzene rings is 1. The van der Waals surface area contributed by atoms with Crippen molar-refractivity contribution in [2.24, 2.45) is 0 Å². The summed E-state index contributed by atoms with van der Waals surface area (Å²) in [6.07, 6.45) is 2.94. The number of rotatable bonds is 3. The quantitative estimate of drug-likeness (QED) is 0.810. The first-order chi connectivity index (χ1) is 8.09. The normalized spacial score (nSPS) is 23.9. The number of Topliss-reactive ketones (excluding diaryl/α,β-unsaturated/α-hetero) is 1. The van der Waals surface area contributed by atoms with E-state index < -0.39 is 0 Å². The summed E-state index contributed by atoms with van der Waals surface area (Å²) in [6, 6.07) is 6.09. The molecule has 1 unspecified atom stereocenters. The van der Waals surface area contributed by atoms with Crippen molar-refractivity contribution in [2.75, 3.05) is 6.54 Å². The Hall–Kier alpha value is -1.15. The summed E-state index contributed by atoms with van der Waals surface area (Å²) in [7, 11) is 0. The Kier molecular flexibility index (Phi) is 3.34. The number of hydrogen-bond acceptors (Lipinski definition) is 2. The summed E-state index contributed by atoms with van der Waals surface area (Å²) in [5.74, 6) is 0.273. The number of ketones is 1. The molecule has 1 saturated heterocycles. The molecule has 0 saturated carbocycles. The van der Waals surface area contributed by atoms with Crippen molar-refractivity contribution < 1.29 is 4.79 Å². The smallest absolute Gasteiger partial charge is 0.183 e. The zero-order chi connectivity index (χ0) is 12.5. The minimum Gasteiger partial charge on any atom is -0.305 e. The Morgan fingerprint density at radius 1 is 1.41 bits per heavy atom. The minimum atomic E-state index is -0.306. The van der Waals surface area contributed by atoms with Gasteiger partial charge in [-0.25, -0.2) is 0 Å². The fraction of sp³-hybridized carbons (Fsp3) is 0.533. The average Bonchev–Trinajstić information content (AvgIpc) is 2.78. The van der Waals surface area contributed by atoms with Gasteiger partial charge in [-0.3, -0.25) is 4.79 Å². The van der Waals surface area contributed by atoms with Crippen LogP contribution in [0.1, 0.15) is 47.7 Å². The van der Waals surface area contributed by atoms with Crippen molar-refractivity contribution >= 4 is 5.78 Å². The average molecular weight is 231 g/mol. The molecule has 0 amide bonds. The van der Waals surface area contributed by atoms with Crippen LogP contribution in [0.15, 0.2) is 18.2 Å². The first-order valence-corrected chi connectivity index (χ1v) is 6.46. The zero-order valence-electron chi connectivity index (χ0n) is 11.0. The molecule has 0 spiro atoms. The van der Waals surface area contributed by atoms with Crippen molar-refractivity contribution in [3.05, 3.63) is 34.9 Å². The Labute approximate surface area is 103 Å². The molecule has 0 radical (unpaired) electrons. The van der Waals surface area contributed by atoms with Crippen LogP contribution in [-0.4, -0.2) is 17.9 Å². The molecule has 92 valence electrons. The molecule has 1 aromatic rings. The van der Waals surface area contributed by atoms with Crippen molar-refractivity contribution in [3.63, 3.8) is 0 Å². The predicted octanol–water partition coefficient (Wildman–Crippen LogP) is 3.02. The first-order valence-electron chi connectivity index (χ1n) is 6.46. The molecule has 2 nitrogen and oxygen atoms in total. The standard InChI is InChI=1S/C15H21NO/c1-4-15(8-5-9-16-15)14(17)13-7-6-11(2)10-12(13)3/h6-7,10,16H,4-5,8-9H2,1-3H3. The van der Waals surface area contributed by atoms with E-state index in [1.165, 1.54) is 5.56 Å². The maximum Gasteiger partial charge on any atom is 0.183 e. The van der Waals surface area contributed by atoms with Gasteiger partial charge in [-0.15, -0.1) is 0 Å². The minimum absolute atomic E-state index is 0.273. The molecule has 1 aliphatic rings. The molecule has 1 aromatic carbocycles. The van der Waals surface area contributed by atoms with Gasteiger partial charge >= 0.3 is 0 Å². The van der Waals surface area contributed by atoms with Crippen molar-refractivity contribution in [3.8, 4) is 0 Å². The second kappa shape index (κ2) is 4.61. The van der Waals surface area contributed by atoms with Gasteiger partial charge in [0, 0.05) is 5.56 Å². The molecule has 17 heavy (non-hydrogen) atoms. The fourth-order valence-electron chi connectivity index (χ4n) is 2.79. The van der Waals surface area contributed by atoms with Gasteiger partial charge in [0.25, 0.3) is 0 Å². The van der Waals surface area contributed by atoms with Crippen molar-refractivity contribution in [2.45, 2.75) is 45.6 Å². The Balaban J connectivity index is 2.36. The number of aryl methyl sites for hydroxylation is 2. The third kappa shape index (κ3) is 2.14. The van der Waals surface area contributed by atoms with E-state index in [1.807, 2.05) is 19.1 Å². The summed E-state index contributed by atoms with van der Waals surface area (Å²) >= 11 is 0. The van der Waals surface area contributed by atoms with Crippen LogP contribution in [0.2, 0.25) is 0 Å². The van der Waals surface area contributed by atoms with Gasteiger partial charge in [0.1, 0.15) is 0 Å². The zero-order valence-corrected chi connectivity index (χ0v) is 11.0. The molecule has 1 heterocycles. The summed E-state index contributed by atoms with van der Waals surface area (Å²) in [4.78, 5) is 12.7. The Morgan fingerprint density at radius 3 is 2.71 bits per heavy atom. The summed E-state index contributed by atoms with van der Waals surface area (Å²) in [6.45, 7) is 7.15. The van der Waals surface area contributed by atoms with Crippen LogP contribution in [0.5, 0.6) is 0 Å². The SMILES string of the molecule is CCC1(C(=O)c2ccc(C)cc2C)CCCN1. The molecule has 1 atom stereocenters. The van der Waals surface area contributed by atoms with Crippen LogP contribution in [0.25, 0.3) is 0 Å². The van der Waals surface area contributed by atoms with E-state index in [2.05, 4.69) is 25.2 Å². The van der Waals surface area contributed by atoms with E-state index in [-0.39, 0.29) is 11.3 Å². The van der Waals surface area contributed by atoms with Crippen LogP contribution in [0, 0.1) is 13.8 Å². The van der Waals surface area contributed by atoms with Gasteiger partial charge < -0.3 is 5.32 Å². The van der Waals surface area contributed by atoms with Gasteiger partial charge in [-0.05, 0) is 45.2 Å². The topological polar surface area (TPSA) is 29.1 Å². The lowest BCUT2D eigenvalue weighted by Gasteiger charge is -2.27. The van der Waals surface area contributed by atoms with Crippen LogP contribution in [-0.2, 0) is 0 Å². The molecular formula is C15H21NO. The van der Waals surface area contributed by atoms with E-state index in [4.69, 9.17) is 0 Å². The highest BCUT2D eigenvalue weighted by molar-refractivity contribution is 6.04. The Morgan fingerprint density at radius 2 is 2.18 bits per heavy atom. The third-order valence-electron chi connectivity index (χ3n) is 3.91. The lowest BCUT2D eigenvalue weighted by Crippen LogP contribution is -2.47. The molecular weight excluding hydrogens is 210 g/mol. The Bertz CT molecular complexity index is 431. The molecule has 1 fully saturated rings. The van der Waals surface area contributed by atoms with Crippen LogP contribution in [0.4, 0.5) is 0 Å². The highest BCUT2D eigenvalue weighted by atomic mass is 16.1. The van der Waals surface area contributed by atoms with Gasteiger partial charge in [0.15, 0.2) is 5.78 Å². The molecule has 1 N–H and O–H groups in total. The summed E-state index contributed by atoms with van der Waals surface area (Å²) < 4.78 is 0. The third-order valence-corrected chi connectivity index (χ3v) is 3.91. The maximum atomic E-state index is 12.7. The summed E-state index contributed by atoms with van der Waals surface area (Å²) in [5.41, 5.74) is 2.88. The van der Waals surface area contributed by atoms with E-state index in [0.29, 0.717) is 0 Å². The second-order valence-electron chi connectivity index (χ2n) is 5.11. The van der Waals surface area contributed by atoms with Crippen molar-refractivity contribution in [1.82, 2.24) is 5.32 Å². The van der Waals surface area contributed by atoms with E-state index in [9.17, 15) is 4.79 Å². The van der Waals surface area contributed by atoms with Crippen LogP contribution < -0.4 is 5.32 Å². The lowest BCUT2D eigenvalue weighted by molar-refractivity contribution is 0.0863. The molecule has 0 aromatic heterocycles. The molecule has 0 bridgehead atoms. The fourth-order valence-corrected chi connectivity index (χ4v) is 2.79. The molecule has 2 heteroatoms. The molecule has 1 aliphatic heterocycles. The predicted molar refractivity (Wildman–Crippen MR) is 70.5 cm³/mol. The largest absolute Gasteiger partial charge is 0.305 e. The maximum absolute atomic E-state index is 12.7. The van der Waals surface area contributed by atoms with E-state index in [1.54, 1.807) is 0 Å². The number of hydrogen-bond donors (Lipinski definition) is 1. The molecule has 2 rings (SSSR count). The van der Waals surface area contributed by atoms with Crippen LogP contribution in [0.3, 0.4) is 0 Å². The van der Waals surface area contributed by atoms with Gasteiger partial charge in [0.2, 0.25) is 0 Å². The summed E-state index contributed by atoms with van der Waals surface area (Å²) in [5, 5.41) is 3.41. The van der Waals surface area contributed by atoms with Crippen LogP contribution >= 0.6 is 0 Å². The highest BCUT2D eigenvalue weighted by Crippen LogP contribution is 2.28. The van der Waals surface area contributed by atoms with Gasteiger partial charge in [0.05, 0.1) is 5.54 Å². The number of nitrogens with one attached hydrogen (secondary N) is 1. The first kappa shape index (κ1) is 12.3. The van der Waals surface area contributed by atoms with Crippen molar-refractivity contribution in [1.29, 1.82) is 0 Å².